The summed E-state index contributed by atoms with van der Waals surface area (Å²) in [5.41, 5.74) is -0.574. The van der Waals surface area contributed by atoms with Crippen LogP contribution in [0.1, 0.15) is 34.6 Å². The van der Waals surface area contributed by atoms with Gasteiger partial charge in [0.15, 0.2) is 12.0 Å². The van der Waals surface area contributed by atoms with Crippen LogP contribution >= 0.6 is 0 Å². The highest BCUT2D eigenvalue weighted by Crippen LogP contribution is 2.36. The minimum atomic E-state index is -0.795. The van der Waals surface area contributed by atoms with Gasteiger partial charge in [-0.1, -0.05) is 0 Å². The molecule has 0 bridgehead atoms. The Hall–Kier alpha value is -0.850. The molecule has 0 aromatic rings. The van der Waals surface area contributed by atoms with Crippen molar-refractivity contribution in [3.8, 4) is 0 Å². The fourth-order valence-corrected chi connectivity index (χ4v) is 2.19. The summed E-state index contributed by atoms with van der Waals surface area (Å²) in [7, 11) is 0. The van der Waals surface area contributed by atoms with Gasteiger partial charge in [-0.05, 0) is 34.6 Å². The van der Waals surface area contributed by atoms with Gasteiger partial charge in [-0.15, -0.1) is 0 Å². The van der Waals surface area contributed by atoms with Gasteiger partial charge in [0.05, 0.1) is 6.54 Å². The van der Waals surface area contributed by atoms with Crippen LogP contribution in [0, 0.1) is 0 Å². The van der Waals surface area contributed by atoms with E-state index in [4.69, 9.17) is 14.2 Å². The van der Waals surface area contributed by atoms with Crippen LogP contribution in [0.5, 0.6) is 0 Å². The lowest BCUT2D eigenvalue weighted by Crippen LogP contribution is -2.42. The number of amides is 1. The molecule has 6 heteroatoms. The molecule has 0 aromatic carbocycles. The zero-order valence-electron chi connectivity index (χ0n) is 11.5. The molecule has 0 radical (unpaired) electrons. The SMILES string of the molecule is CC(C)(C)OC(=O)N1C[C@@H](O)[C@H]2OC(C)(C)O[C@H]21. The van der Waals surface area contributed by atoms with Crippen molar-refractivity contribution in [1.29, 1.82) is 0 Å². The molecule has 0 spiro atoms. The predicted molar refractivity (Wildman–Crippen MR) is 62.8 cm³/mol. The molecule has 0 aliphatic carbocycles. The van der Waals surface area contributed by atoms with E-state index in [9.17, 15) is 9.90 Å². The van der Waals surface area contributed by atoms with Crippen LogP contribution in [-0.4, -0.2) is 52.5 Å². The summed E-state index contributed by atoms with van der Waals surface area (Å²) < 4.78 is 16.5. The van der Waals surface area contributed by atoms with Crippen molar-refractivity contribution in [2.45, 2.75) is 64.4 Å². The van der Waals surface area contributed by atoms with E-state index in [1.54, 1.807) is 34.6 Å². The van der Waals surface area contributed by atoms with Crippen molar-refractivity contribution >= 4 is 6.09 Å². The fraction of sp³-hybridized carbons (Fsp3) is 0.917. The second-order valence-corrected chi connectivity index (χ2v) is 6.19. The molecule has 2 fully saturated rings. The molecule has 1 N–H and O–H groups in total. The molecule has 0 saturated carbocycles. The molecular formula is C12H21NO5. The van der Waals surface area contributed by atoms with Crippen LogP contribution in [0.4, 0.5) is 4.79 Å². The highest BCUT2D eigenvalue weighted by atomic mass is 16.8. The highest BCUT2D eigenvalue weighted by molar-refractivity contribution is 5.69. The normalized spacial score (nSPS) is 34.6. The molecule has 0 unspecified atom stereocenters. The molecule has 1 amide bonds. The first kappa shape index (κ1) is 13.6. The zero-order valence-corrected chi connectivity index (χ0v) is 11.5. The van der Waals surface area contributed by atoms with Gasteiger partial charge in [-0.2, -0.15) is 0 Å². The van der Waals surface area contributed by atoms with Gasteiger partial charge in [0.1, 0.15) is 17.8 Å². The number of fused-ring (bicyclic) bond motifs is 1. The Bertz CT molecular complexity index is 349. The number of likely N-dealkylation sites (tertiary alicyclic amines) is 1. The van der Waals surface area contributed by atoms with Crippen molar-refractivity contribution in [1.82, 2.24) is 4.90 Å². The molecule has 2 rings (SSSR count). The lowest BCUT2D eigenvalue weighted by molar-refractivity contribution is -0.174. The number of ether oxygens (including phenoxy) is 3. The Morgan fingerprint density at radius 3 is 2.56 bits per heavy atom. The van der Waals surface area contributed by atoms with Crippen LogP contribution in [0.3, 0.4) is 0 Å². The van der Waals surface area contributed by atoms with Gasteiger partial charge in [0.2, 0.25) is 0 Å². The first-order valence-corrected chi connectivity index (χ1v) is 6.12. The average Bonchev–Trinajstić information content (AvgIpc) is 2.59. The minimum Gasteiger partial charge on any atom is -0.444 e. The van der Waals surface area contributed by atoms with Crippen molar-refractivity contribution in [2.24, 2.45) is 0 Å². The van der Waals surface area contributed by atoms with E-state index in [-0.39, 0.29) is 6.54 Å². The van der Waals surface area contributed by atoms with Gasteiger partial charge in [-0.25, -0.2) is 4.79 Å². The van der Waals surface area contributed by atoms with E-state index in [0.29, 0.717) is 0 Å². The molecule has 18 heavy (non-hydrogen) atoms. The smallest absolute Gasteiger partial charge is 0.412 e. The van der Waals surface area contributed by atoms with Gasteiger partial charge < -0.3 is 19.3 Å². The van der Waals surface area contributed by atoms with E-state index in [1.807, 2.05) is 0 Å². The summed E-state index contributed by atoms with van der Waals surface area (Å²) in [6.07, 6.45) is -2.32. The second kappa shape index (κ2) is 4.08. The van der Waals surface area contributed by atoms with E-state index in [2.05, 4.69) is 0 Å². The maximum atomic E-state index is 12.0. The third-order valence-electron chi connectivity index (χ3n) is 2.80. The molecule has 3 atom stereocenters. The Labute approximate surface area is 107 Å². The van der Waals surface area contributed by atoms with Crippen LogP contribution in [0.2, 0.25) is 0 Å². The quantitative estimate of drug-likeness (QED) is 0.705. The maximum absolute atomic E-state index is 12.0. The zero-order chi connectivity index (χ0) is 13.7. The number of rotatable bonds is 0. The molecular weight excluding hydrogens is 238 g/mol. The van der Waals surface area contributed by atoms with E-state index in [1.165, 1.54) is 4.90 Å². The van der Waals surface area contributed by atoms with Crippen molar-refractivity contribution in [2.75, 3.05) is 6.54 Å². The molecule has 104 valence electrons. The molecule has 2 heterocycles. The van der Waals surface area contributed by atoms with Crippen LogP contribution in [0.25, 0.3) is 0 Å². The molecule has 6 nitrogen and oxygen atoms in total. The van der Waals surface area contributed by atoms with E-state index < -0.39 is 35.9 Å². The Morgan fingerprint density at radius 2 is 2.00 bits per heavy atom. The Morgan fingerprint density at radius 1 is 1.39 bits per heavy atom. The highest BCUT2D eigenvalue weighted by Gasteiger charge is 2.55. The van der Waals surface area contributed by atoms with Crippen molar-refractivity contribution in [3.63, 3.8) is 0 Å². The molecule has 0 aromatic heterocycles. The largest absolute Gasteiger partial charge is 0.444 e. The third kappa shape index (κ3) is 2.60. The van der Waals surface area contributed by atoms with Crippen molar-refractivity contribution < 1.29 is 24.1 Å². The minimum absolute atomic E-state index is 0.167. The van der Waals surface area contributed by atoms with Gasteiger partial charge in [-0.3, -0.25) is 4.90 Å². The summed E-state index contributed by atoms with van der Waals surface area (Å²) in [5, 5.41) is 9.89. The number of aliphatic hydroxyl groups excluding tert-OH is 1. The third-order valence-corrected chi connectivity index (χ3v) is 2.80. The topological polar surface area (TPSA) is 68.2 Å². The summed E-state index contributed by atoms with van der Waals surface area (Å²) >= 11 is 0. The number of aliphatic hydroxyl groups is 1. The Balaban J connectivity index is 2.09. The van der Waals surface area contributed by atoms with Crippen LogP contribution in [0.15, 0.2) is 0 Å². The van der Waals surface area contributed by atoms with Crippen LogP contribution in [-0.2, 0) is 14.2 Å². The predicted octanol–water partition coefficient (Wildman–Crippen LogP) is 1.08. The monoisotopic (exact) mass is 259 g/mol. The summed E-state index contributed by atoms with van der Waals surface area (Å²) in [4.78, 5) is 13.4. The lowest BCUT2D eigenvalue weighted by atomic mass is 10.2. The van der Waals surface area contributed by atoms with E-state index >= 15 is 0 Å². The van der Waals surface area contributed by atoms with Gasteiger partial charge in [0, 0.05) is 0 Å². The van der Waals surface area contributed by atoms with Crippen LogP contribution < -0.4 is 0 Å². The first-order chi connectivity index (χ1) is 8.09. The second-order valence-electron chi connectivity index (χ2n) is 6.19. The number of nitrogens with zero attached hydrogens (tertiary/aromatic N) is 1. The molecule has 2 aliphatic heterocycles. The number of hydrogen-bond donors (Lipinski definition) is 1. The fourth-order valence-electron chi connectivity index (χ4n) is 2.19. The van der Waals surface area contributed by atoms with E-state index in [0.717, 1.165) is 0 Å². The van der Waals surface area contributed by atoms with Gasteiger partial charge >= 0.3 is 6.09 Å². The Kier molecular flexibility index (Phi) is 3.08. The molecule has 2 saturated heterocycles. The summed E-state index contributed by atoms with van der Waals surface area (Å²) in [6.45, 7) is 9.07. The average molecular weight is 259 g/mol. The summed E-state index contributed by atoms with van der Waals surface area (Å²) in [5.74, 6) is -0.795. The number of carbonyl (C=O) groups is 1. The number of β-amino-alcohol motifs (C(OH)–C–C–N with tert-alkyl or cyclic N) is 1. The maximum Gasteiger partial charge on any atom is 0.412 e. The summed E-state index contributed by atoms with van der Waals surface area (Å²) in [6, 6.07) is 0. The molecule has 2 aliphatic rings. The first-order valence-electron chi connectivity index (χ1n) is 6.12. The van der Waals surface area contributed by atoms with Gasteiger partial charge in [0.25, 0.3) is 0 Å². The van der Waals surface area contributed by atoms with Crippen molar-refractivity contribution in [3.05, 3.63) is 0 Å². The number of carbonyl (C=O) groups excluding carboxylic acids is 1. The number of hydrogen-bond acceptors (Lipinski definition) is 5. The standard InChI is InChI=1S/C12H21NO5/c1-11(2,3)18-10(15)13-6-7(14)8-9(13)17-12(4,5)16-8/h7-9,14H,6H2,1-5H3/t7-,8-,9-/m1/s1. The lowest BCUT2D eigenvalue weighted by Gasteiger charge is -2.28.